The van der Waals surface area contributed by atoms with Gasteiger partial charge in [0, 0.05) is 13.1 Å². The molecule has 120 valence electrons. The number of halogens is 2. The van der Waals surface area contributed by atoms with Gasteiger partial charge in [-0.25, -0.2) is 8.78 Å². The van der Waals surface area contributed by atoms with Crippen LogP contribution < -0.4 is 10.6 Å². The first-order chi connectivity index (χ1) is 11.1. The molecule has 0 aromatic heterocycles. The molecule has 1 aliphatic rings. The lowest BCUT2D eigenvalue weighted by Gasteiger charge is -2.29. The van der Waals surface area contributed by atoms with E-state index in [1.165, 1.54) is 24.3 Å². The van der Waals surface area contributed by atoms with Gasteiger partial charge < -0.3 is 10.6 Å². The normalized spacial score (nSPS) is 15.7. The molecule has 3 rings (SSSR count). The molecule has 1 atom stereocenters. The van der Waals surface area contributed by atoms with Gasteiger partial charge in [0.05, 0.1) is 12.0 Å². The fraction of sp³-hybridized carbons (Fsp3) is 0.278. The van der Waals surface area contributed by atoms with E-state index in [-0.39, 0.29) is 29.5 Å². The summed E-state index contributed by atoms with van der Waals surface area (Å²) in [5, 5.41) is 6.01. The van der Waals surface area contributed by atoms with E-state index < -0.39 is 0 Å². The molecule has 1 heterocycles. The minimum Gasteiger partial charge on any atom is -0.349 e. The lowest BCUT2D eigenvalue weighted by Crippen LogP contribution is -2.51. The maximum Gasteiger partial charge on any atom is 0.226 e. The van der Waals surface area contributed by atoms with E-state index >= 15 is 0 Å². The second-order valence-electron chi connectivity index (χ2n) is 5.81. The molecule has 0 spiro atoms. The Morgan fingerprint density at radius 3 is 2.43 bits per heavy atom. The molecule has 1 unspecified atom stereocenters. The summed E-state index contributed by atoms with van der Waals surface area (Å²) in [5.41, 5.74) is 1.43. The predicted molar refractivity (Wildman–Crippen MR) is 83.7 cm³/mol. The second kappa shape index (κ2) is 6.87. The third kappa shape index (κ3) is 3.93. The van der Waals surface area contributed by atoms with Crippen molar-refractivity contribution in [1.82, 2.24) is 10.6 Å². The van der Waals surface area contributed by atoms with E-state index in [4.69, 9.17) is 0 Å². The molecular formula is C18H18F2N2O. The molecule has 2 aromatic rings. The van der Waals surface area contributed by atoms with Crippen molar-refractivity contribution in [3.8, 4) is 0 Å². The number of nitrogens with one attached hydrogen (secondary N) is 2. The number of hydrogen-bond acceptors (Lipinski definition) is 2. The summed E-state index contributed by atoms with van der Waals surface area (Å²) in [4.78, 5) is 12.2. The standard InChI is InChI=1S/C18H18F2N2O/c19-15-5-1-3-12(7-15)8-17(13-4-2-6-16(20)9-13)22-18(23)14-10-21-11-14/h1-7,9,14,17,21H,8,10-11H2,(H,22,23). The zero-order chi connectivity index (χ0) is 16.2. The lowest BCUT2D eigenvalue weighted by molar-refractivity contribution is -0.127. The third-order valence-electron chi connectivity index (χ3n) is 4.05. The van der Waals surface area contributed by atoms with Gasteiger partial charge in [0.25, 0.3) is 0 Å². The number of benzene rings is 2. The van der Waals surface area contributed by atoms with Gasteiger partial charge in [-0.05, 0) is 41.8 Å². The van der Waals surface area contributed by atoms with Gasteiger partial charge in [0.1, 0.15) is 11.6 Å². The Hall–Kier alpha value is -2.27. The van der Waals surface area contributed by atoms with Crippen LogP contribution in [0.3, 0.4) is 0 Å². The van der Waals surface area contributed by atoms with Gasteiger partial charge >= 0.3 is 0 Å². The van der Waals surface area contributed by atoms with Crippen molar-refractivity contribution in [1.29, 1.82) is 0 Å². The molecule has 0 radical (unpaired) electrons. The molecule has 0 bridgehead atoms. The average molecular weight is 316 g/mol. The maximum atomic E-state index is 13.5. The Balaban J connectivity index is 1.81. The monoisotopic (exact) mass is 316 g/mol. The molecule has 0 aliphatic carbocycles. The molecule has 0 saturated carbocycles. The number of hydrogen-bond donors (Lipinski definition) is 2. The molecule has 2 aromatic carbocycles. The van der Waals surface area contributed by atoms with E-state index in [0.29, 0.717) is 25.1 Å². The number of amides is 1. The van der Waals surface area contributed by atoms with Crippen molar-refractivity contribution in [2.24, 2.45) is 5.92 Å². The zero-order valence-electron chi connectivity index (χ0n) is 12.6. The minimum absolute atomic E-state index is 0.0569. The zero-order valence-corrected chi connectivity index (χ0v) is 12.6. The number of rotatable bonds is 5. The summed E-state index contributed by atoms with van der Waals surface area (Å²) in [6.45, 7) is 1.31. The van der Waals surface area contributed by atoms with Gasteiger partial charge in [0.15, 0.2) is 0 Å². The van der Waals surface area contributed by atoms with Crippen molar-refractivity contribution < 1.29 is 13.6 Å². The van der Waals surface area contributed by atoms with Crippen molar-refractivity contribution in [2.45, 2.75) is 12.5 Å². The molecule has 3 nitrogen and oxygen atoms in total. The van der Waals surface area contributed by atoms with Crippen molar-refractivity contribution in [3.63, 3.8) is 0 Å². The summed E-state index contributed by atoms with van der Waals surface area (Å²) < 4.78 is 26.9. The topological polar surface area (TPSA) is 41.1 Å². The van der Waals surface area contributed by atoms with E-state index in [2.05, 4.69) is 10.6 Å². The largest absolute Gasteiger partial charge is 0.349 e. The summed E-state index contributed by atoms with van der Waals surface area (Å²) in [6, 6.07) is 12.0. The number of carbonyl (C=O) groups excluding carboxylic acids is 1. The average Bonchev–Trinajstić information content (AvgIpc) is 2.45. The van der Waals surface area contributed by atoms with Crippen molar-refractivity contribution >= 4 is 5.91 Å². The van der Waals surface area contributed by atoms with Crippen LogP contribution in [0.4, 0.5) is 8.78 Å². The third-order valence-corrected chi connectivity index (χ3v) is 4.05. The molecule has 1 saturated heterocycles. The van der Waals surface area contributed by atoms with Crippen LogP contribution in [0.25, 0.3) is 0 Å². The molecule has 23 heavy (non-hydrogen) atoms. The highest BCUT2D eigenvalue weighted by Crippen LogP contribution is 2.21. The Morgan fingerprint density at radius 1 is 1.13 bits per heavy atom. The highest BCUT2D eigenvalue weighted by molar-refractivity contribution is 5.80. The molecule has 1 amide bonds. The summed E-state index contributed by atoms with van der Waals surface area (Å²) in [6.07, 6.45) is 0.410. The predicted octanol–water partition coefficient (Wildman–Crippen LogP) is 2.58. The summed E-state index contributed by atoms with van der Waals surface area (Å²) >= 11 is 0. The van der Waals surface area contributed by atoms with E-state index in [0.717, 1.165) is 5.56 Å². The van der Waals surface area contributed by atoms with Crippen LogP contribution in [0.5, 0.6) is 0 Å². The fourth-order valence-electron chi connectivity index (χ4n) is 2.64. The highest BCUT2D eigenvalue weighted by atomic mass is 19.1. The Labute approximate surface area is 133 Å². The number of carbonyl (C=O) groups is 1. The van der Waals surface area contributed by atoms with Crippen molar-refractivity contribution in [2.75, 3.05) is 13.1 Å². The quantitative estimate of drug-likeness (QED) is 0.890. The lowest BCUT2D eigenvalue weighted by atomic mass is 9.96. The van der Waals surface area contributed by atoms with Crippen LogP contribution in [0.15, 0.2) is 48.5 Å². The smallest absolute Gasteiger partial charge is 0.226 e. The Morgan fingerprint density at radius 2 is 1.83 bits per heavy atom. The van der Waals surface area contributed by atoms with Crippen LogP contribution in [0.1, 0.15) is 17.2 Å². The van der Waals surface area contributed by atoms with E-state index in [1.54, 1.807) is 24.3 Å². The van der Waals surface area contributed by atoms with Gasteiger partial charge in [-0.2, -0.15) is 0 Å². The van der Waals surface area contributed by atoms with Crippen LogP contribution >= 0.6 is 0 Å². The van der Waals surface area contributed by atoms with Crippen LogP contribution in [0.2, 0.25) is 0 Å². The summed E-state index contributed by atoms with van der Waals surface area (Å²) in [7, 11) is 0. The van der Waals surface area contributed by atoms with Gasteiger partial charge in [-0.3, -0.25) is 4.79 Å². The van der Waals surface area contributed by atoms with Crippen LogP contribution in [-0.4, -0.2) is 19.0 Å². The Bertz CT molecular complexity index is 701. The fourth-order valence-corrected chi connectivity index (χ4v) is 2.64. The van der Waals surface area contributed by atoms with Gasteiger partial charge in [-0.1, -0.05) is 24.3 Å². The first-order valence-electron chi connectivity index (χ1n) is 7.63. The van der Waals surface area contributed by atoms with Gasteiger partial charge in [0.2, 0.25) is 5.91 Å². The van der Waals surface area contributed by atoms with E-state index in [1.807, 2.05) is 0 Å². The first-order valence-corrected chi connectivity index (χ1v) is 7.63. The molecule has 5 heteroatoms. The SMILES string of the molecule is O=C(NC(Cc1cccc(F)c1)c1cccc(F)c1)C1CNC1. The first kappa shape index (κ1) is 15.6. The van der Waals surface area contributed by atoms with E-state index in [9.17, 15) is 13.6 Å². The van der Waals surface area contributed by atoms with Gasteiger partial charge in [-0.15, -0.1) is 0 Å². The molecule has 1 aliphatic heterocycles. The molecular weight excluding hydrogens is 298 g/mol. The minimum atomic E-state index is -0.388. The highest BCUT2D eigenvalue weighted by Gasteiger charge is 2.27. The molecule has 2 N–H and O–H groups in total. The van der Waals surface area contributed by atoms with Crippen LogP contribution in [-0.2, 0) is 11.2 Å². The van der Waals surface area contributed by atoms with Crippen molar-refractivity contribution in [3.05, 3.63) is 71.3 Å². The Kier molecular flexibility index (Phi) is 4.67. The summed E-state index contributed by atoms with van der Waals surface area (Å²) in [5.74, 6) is -0.797. The van der Waals surface area contributed by atoms with Crippen LogP contribution in [0, 0.1) is 17.6 Å². The molecule has 1 fully saturated rings. The second-order valence-corrected chi connectivity index (χ2v) is 5.81. The maximum absolute atomic E-state index is 13.5.